The number of aromatic nitrogens is 4. The van der Waals surface area contributed by atoms with Gasteiger partial charge < -0.3 is 20.5 Å². The van der Waals surface area contributed by atoms with Crippen molar-refractivity contribution in [1.82, 2.24) is 24.9 Å². The molecule has 3 heterocycles. The largest absolute Gasteiger partial charge is 0.494 e. The molecule has 0 saturated heterocycles. The lowest BCUT2D eigenvalue weighted by Crippen LogP contribution is -2.24. The highest BCUT2D eigenvalue weighted by Gasteiger charge is 2.16. The van der Waals surface area contributed by atoms with Gasteiger partial charge in [-0.2, -0.15) is 4.98 Å². The van der Waals surface area contributed by atoms with Gasteiger partial charge in [0.1, 0.15) is 11.3 Å². The number of para-hydroxylation sites is 1. The van der Waals surface area contributed by atoms with E-state index in [1.165, 1.54) is 7.11 Å². The number of benzene rings is 1. The second-order valence-electron chi connectivity index (χ2n) is 6.69. The highest BCUT2D eigenvalue weighted by Crippen LogP contribution is 2.25. The number of methoxy groups -OCH3 is 1. The molecular weight excluding hydrogens is 396 g/mol. The van der Waals surface area contributed by atoms with E-state index < -0.39 is 0 Å². The van der Waals surface area contributed by atoms with Crippen LogP contribution < -0.4 is 20.5 Å². The van der Waals surface area contributed by atoms with Crippen LogP contribution in [-0.2, 0) is 6.54 Å². The van der Waals surface area contributed by atoms with Crippen LogP contribution in [0.15, 0.2) is 54.9 Å². The Hall–Kier alpha value is -4.14. The van der Waals surface area contributed by atoms with Gasteiger partial charge in [-0.25, -0.2) is 9.50 Å². The van der Waals surface area contributed by atoms with Gasteiger partial charge in [-0.1, -0.05) is 18.2 Å². The fraction of sp³-hybridized carbons (Fsp3) is 0.182. The number of amides is 1. The Morgan fingerprint density at radius 2 is 2.03 bits per heavy atom. The van der Waals surface area contributed by atoms with Gasteiger partial charge in [0.2, 0.25) is 11.8 Å². The zero-order valence-electron chi connectivity index (χ0n) is 17.2. The Kier molecular flexibility index (Phi) is 5.65. The number of nitrogens with zero attached hydrogens (tertiary/aromatic N) is 4. The SMILES string of the molecule is CCOc1ccccc1CNC(=O)c1cc(-c2ccn3nc(N)nc3c2)cnc1OC. The second-order valence-corrected chi connectivity index (χ2v) is 6.69. The quantitative estimate of drug-likeness (QED) is 0.474. The van der Waals surface area contributed by atoms with Crippen molar-refractivity contribution in [3.63, 3.8) is 0 Å². The summed E-state index contributed by atoms with van der Waals surface area (Å²) in [7, 11) is 1.48. The van der Waals surface area contributed by atoms with Crippen molar-refractivity contribution in [1.29, 1.82) is 0 Å². The van der Waals surface area contributed by atoms with E-state index >= 15 is 0 Å². The molecule has 4 aromatic rings. The minimum atomic E-state index is -0.301. The summed E-state index contributed by atoms with van der Waals surface area (Å²) in [5, 5.41) is 6.99. The molecule has 0 bridgehead atoms. The molecule has 31 heavy (non-hydrogen) atoms. The third kappa shape index (κ3) is 4.25. The summed E-state index contributed by atoms with van der Waals surface area (Å²) in [4.78, 5) is 21.4. The van der Waals surface area contributed by atoms with E-state index in [9.17, 15) is 4.79 Å². The summed E-state index contributed by atoms with van der Waals surface area (Å²) in [5.41, 5.74) is 9.04. The highest BCUT2D eigenvalue weighted by molar-refractivity contribution is 5.97. The van der Waals surface area contributed by atoms with Gasteiger partial charge in [0, 0.05) is 30.1 Å². The molecule has 0 spiro atoms. The second kappa shape index (κ2) is 8.70. The first kappa shape index (κ1) is 20.1. The average molecular weight is 418 g/mol. The van der Waals surface area contributed by atoms with Gasteiger partial charge in [0.05, 0.1) is 13.7 Å². The van der Waals surface area contributed by atoms with Crippen LogP contribution in [0, 0.1) is 0 Å². The lowest BCUT2D eigenvalue weighted by Gasteiger charge is -2.13. The number of hydrogen-bond acceptors (Lipinski definition) is 7. The lowest BCUT2D eigenvalue weighted by molar-refractivity contribution is 0.0947. The van der Waals surface area contributed by atoms with Crippen LogP contribution in [0.25, 0.3) is 16.8 Å². The standard InChI is InChI=1S/C22H22N6O3/c1-3-31-18-7-5-4-6-15(18)12-24-20(29)17-10-16(13-25-21(17)30-2)14-8-9-28-19(11-14)26-22(23)27-28/h4-11,13H,3,12H2,1-2H3,(H2,23,27)(H,24,29). The molecule has 4 rings (SSSR count). The Labute approximate surface area is 178 Å². The van der Waals surface area contributed by atoms with Crippen LogP contribution in [0.3, 0.4) is 0 Å². The average Bonchev–Trinajstić information content (AvgIpc) is 3.17. The third-order valence-corrected chi connectivity index (χ3v) is 4.69. The summed E-state index contributed by atoms with van der Waals surface area (Å²) in [6.07, 6.45) is 3.40. The van der Waals surface area contributed by atoms with Gasteiger partial charge in [0.15, 0.2) is 5.65 Å². The van der Waals surface area contributed by atoms with Crippen LogP contribution in [-0.4, -0.2) is 39.2 Å². The summed E-state index contributed by atoms with van der Waals surface area (Å²) in [6.45, 7) is 2.78. The van der Waals surface area contributed by atoms with Gasteiger partial charge in [-0.15, -0.1) is 5.10 Å². The van der Waals surface area contributed by atoms with E-state index in [1.807, 2.05) is 43.3 Å². The van der Waals surface area contributed by atoms with Crippen molar-refractivity contribution in [2.24, 2.45) is 0 Å². The van der Waals surface area contributed by atoms with E-state index in [0.29, 0.717) is 24.4 Å². The molecule has 3 N–H and O–H groups in total. The molecule has 0 aliphatic rings. The Balaban J connectivity index is 1.60. The van der Waals surface area contributed by atoms with E-state index in [2.05, 4.69) is 20.4 Å². The number of pyridine rings is 2. The molecule has 0 aliphatic carbocycles. The zero-order chi connectivity index (χ0) is 21.8. The van der Waals surface area contributed by atoms with Crippen LogP contribution in [0.4, 0.5) is 5.95 Å². The molecule has 0 radical (unpaired) electrons. The smallest absolute Gasteiger partial charge is 0.257 e. The van der Waals surface area contributed by atoms with E-state index in [0.717, 1.165) is 22.4 Å². The normalized spacial score (nSPS) is 10.8. The first-order valence-corrected chi connectivity index (χ1v) is 9.74. The maximum absolute atomic E-state index is 13.0. The predicted molar refractivity (Wildman–Crippen MR) is 116 cm³/mol. The molecule has 9 nitrogen and oxygen atoms in total. The first-order valence-electron chi connectivity index (χ1n) is 9.74. The zero-order valence-corrected chi connectivity index (χ0v) is 17.2. The Bertz CT molecular complexity index is 1240. The summed E-state index contributed by atoms with van der Waals surface area (Å²) < 4.78 is 12.5. The number of rotatable bonds is 7. The number of nitrogen functional groups attached to an aromatic ring is 1. The van der Waals surface area contributed by atoms with Crippen molar-refractivity contribution >= 4 is 17.5 Å². The van der Waals surface area contributed by atoms with Crippen molar-refractivity contribution in [3.8, 4) is 22.8 Å². The maximum Gasteiger partial charge on any atom is 0.257 e. The Morgan fingerprint density at radius 3 is 2.84 bits per heavy atom. The van der Waals surface area contributed by atoms with Gasteiger partial charge in [0.25, 0.3) is 5.91 Å². The van der Waals surface area contributed by atoms with Crippen LogP contribution >= 0.6 is 0 Å². The highest BCUT2D eigenvalue weighted by atomic mass is 16.5. The molecule has 158 valence electrons. The summed E-state index contributed by atoms with van der Waals surface area (Å²) >= 11 is 0. The maximum atomic E-state index is 13.0. The van der Waals surface area contributed by atoms with Crippen molar-refractivity contribution < 1.29 is 14.3 Å². The molecular formula is C22H22N6O3. The molecule has 0 unspecified atom stereocenters. The number of fused-ring (bicyclic) bond motifs is 1. The summed E-state index contributed by atoms with van der Waals surface area (Å²) in [6, 6.07) is 13.0. The molecule has 0 aliphatic heterocycles. The monoisotopic (exact) mass is 418 g/mol. The number of ether oxygens (including phenoxy) is 2. The first-order chi connectivity index (χ1) is 15.1. The van der Waals surface area contributed by atoms with E-state index in [1.54, 1.807) is 23.0 Å². The van der Waals surface area contributed by atoms with Gasteiger partial charge in [-0.3, -0.25) is 4.79 Å². The predicted octanol–water partition coefficient (Wildman–Crippen LogP) is 2.71. The van der Waals surface area contributed by atoms with Crippen LogP contribution in [0.5, 0.6) is 11.6 Å². The van der Waals surface area contributed by atoms with E-state index in [-0.39, 0.29) is 17.7 Å². The molecule has 3 aromatic heterocycles. The number of anilines is 1. The van der Waals surface area contributed by atoms with Gasteiger partial charge >= 0.3 is 0 Å². The van der Waals surface area contributed by atoms with Crippen LogP contribution in [0.2, 0.25) is 0 Å². The molecule has 0 atom stereocenters. The number of carbonyl (C=O) groups excluding carboxylic acids is 1. The number of hydrogen-bond donors (Lipinski definition) is 2. The Morgan fingerprint density at radius 1 is 1.19 bits per heavy atom. The number of nitrogens with one attached hydrogen (secondary N) is 1. The third-order valence-electron chi connectivity index (χ3n) is 4.69. The van der Waals surface area contributed by atoms with Crippen molar-refractivity contribution in [2.75, 3.05) is 19.5 Å². The lowest BCUT2D eigenvalue weighted by atomic mass is 10.1. The number of nitrogens with two attached hydrogens (primary N) is 1. The minimum absolute atomic E-state index is 0.192. The van der Waals surface area contributed by atoms with Crippen LogP contribution in [0.1, 0.15) is 22.8 Å². The van der Waals surface area contributed by atoms with Crippen molar-refractivity contribution in [2.45, 2.75) is 13.5 Å². The molecule has 9 heteroatoms. The fourth-order valence-electron chi connectivity index (χ4n) is 3.23. The minimum Gasteiger partial charge on any atom is -0.494 e. The van der Waals surface area contributed by atoms with Gasteiger partial charge in [-0.05, 0) is 36.8 Å². The number of carbonyl (C=O) groups is 1. The molecule has 0 saturated carbocycles. The topological polar surface area (TPSA) is 117 Å². The molecule has 1 amide bonds. The molecule has 0 fully saturated rings. The fourth-order valence-corrected chi connectivity index (χ4v) is 3.23. The summed E-state index contributed by atoms with van der Waals surface area (Å²) in [5.74, 6) is 0.875. The van der Waals surface area contributed by atoms with E-state index in [4.69, 9.17) is 15.2 Å². The van der Waals surface area contributed by atoms with Crippen molar-refractivity contribution in [3.05, 3.63) is 66.0 Å². The molecule has 1 aromatic carbocycles.